The summed E-state index contributed by atoms with van der Waals surface area (Å²) in [5.74, 6) is 3.15. The number of fused-ring (bicyclic) bond motifs is 2. The zero-order valence-electron chi connectivity index (χ0n) is 17.6. The molecule has 2 bridgehead atoms. The molecule has 1 aromatic carbocycles. The van der Waals surface area contributed by atoms with E-state index in [1.54, 1.807) is 14.2 Å². The second kappa shape index (κ2) is 7.69. The predicted octanol–water partition coefficient (Wildman–Crippen LogP) is 3.05. The van der Waals surface area contributed by atoms with Crippen LogP contribution < -0.4 is 10.1 Å². The third-order valence-electron chi connectivity index (χ3n) is 7.37. The third kappa shape index (κ3) is 3.20. The Balaban J connectivity index is 1.38. The van der Waals surface area contributed by atoms with Crippen LogP contribution >= 0.6 is 0 Å². The molecule has 0 saturated heterocycles. The molecule has 0 spiro atoms. The Morgan fingerprint density at radius 2 is 1.97 bits per heavy atom. The number of rotatable bonds is 8. The van der Waals surface area contributed by atoms with Gasteiger partial charge in [-0.1, -0.05) is 17.3 Å². The second-order valence-electron chi connectivity index (χ2n) is 8.94. The molecule has 7 nitrogen and oxygen atoms in total. The molecule has 3 fully saturated rings. The lowest BCUT2D eigenvalue weighted by molar-refractivity contribution is -0.127. The first-order chi connectivity index (χ1) is 14.7. The van der Waals surface area contributed by atoms with Gasteiger partial charge in [0, 0.05) is 13.7 Å². The number of ether oxygens (including phenoxy) is 2. The van der Waals surface area contributed by atoms with E-state index in [-0.39, 0.29) is 23.2 Å². The van der Waals surface area contributed by atoms with Crippen LogP contribution in [-0.4, -0.2) is 43.4 Å². The van der Waals surface area contributed by atoms with Crippen molar-refractivity contribution in [1.82, 2.24) is 15.5 Å². The monoisotopic (exact) mass is 411 g/mol. The van der Waals surface area contributed by atoms with Crippen molar-refractivity contribution in [2.75, 3.05) is 27.4 Å². The molecule has 7 heteroatoms. The number of methoxy groups -OCH3 is 2. The predicted molar refractivity (Wildman–Crippen MR) is 109 cm³/mol. The maximum atomic E-state index is 12.9. The van der Waals surface area contributed by atoms with Gasteiger partial charge in [0.15, 0.2) is 5.82 Å². The number of carbonyl (C=O) groups excluding carboxylic acids is 1. The minimum atomic E-state index is -0.165. The minimum absolute atomic E-state index is 0.0270. The fraction of sp³-hybridized carbons (Fsp3) is 0.609. The van der Waals surface area contributed by atoms with Crippen molar-refractivity contribution in [2.24, 2.45) is 17.8 Å². The van der Waals surface area contributed by atoms with Crippen LogP contribution in [0.3, 0.4) is 0 Å². The highest BCUT2D eigenvalue weighted by molar-refractivity contribution is 5.80. The summed E-state index contributed by atoms with van der Waals surface area (Å²) in [5.41, 5.74) is 1.03. The normalized spacial score (nSPS) is 28.5. The van der Waals surface area contributed by atoms with Crippen LogP contribution in [0.2, 0.25) is 0 Å². The fourth-order valence-corrected chi connectivity index (χ4v) is 5.66. The minimum Gasteiger partial charge on any atom is -0.497 e. The number of hydrogen-bond acceptors (Lipinski definition) is 6. The van der Waals surface area contributed by atoms with E-state index in [1.807, 2.05) is 12.1 Å². The Labute approximate surface area is 176 Å². The summed E-state index contributed by atoms with van der Waals surface area (Å²) in [6.07, 6.45) is 5.35. The molecule has 3 saturated carbocycles. The number of aromatic nitrogens is 2. The topological polar surface area (TPSA) is 86.5 Å². The van der Waals surface area contributed by atoms with Gasteiger partial charge in [-0.3, -0.25) is 4.79 Å². The number of amides is 1. The molecule has 1 aromatic heterocycles. The lowest BCUT2D eigenvalue weighted by Crippen LogP contribution is -2.39. The van der Waals surface area contributed by atoms with Crippen molar-refractivity contribution < 1.29 is 18.8 Å². The maximum Gasteiger partial charge on any atom is 0.230 e. The van der Waals surface area contributed by atoms with E-state index in [2.05, 4.69) is 22.6 Å². The molecule has 5 rings (SSSR count). The first-order valence-electron chi connectivity index (χ1n) is 10.9. The van der Waals surface area contributed by atoms with E-state index >= 15 is 0 Å². The van der Waals surface area contributed by atoms with Crippen molar-refractivity contribution in [3.8, 4) is 5.75 Å². The summed E-state index contributed by atoms with van der Waals surface area (Å²) < 4.78 is 16.2. The van der Waals surface area contributed by atoms with Gasteiger partial charge in [-0.2, -0.15) is 4.98 Å². The van der Waals surface area contributed by atoms with Crippen molar-refractivity contribution in [1.29, 1.82) is 0 Å². The lowest BCUT2D eigenvalue weighted by atomic mass is 9.78. The molecule has 1 amide bonds. The molecule has 3 aliphatic carbocycles. The molecule has 0 aliphatic heterocycles. The molecular weight excluding hydrogens is 382 g/mol. The lowest BCUT2D eigenvalue weighted by Gasteiger charge is -2.27. The van der Waals surface area contributed by atoms with E-state index in [4.69, 9.17) is 19.0 Å². The third-order valence-corrected chi connectivity index (χ3v) is 7.37. The van der Waals surface area contributed by atoms with Gasteiger partial charge < -0.3 is 19.3 Å². The highest BCUT2D eigenvalue weighted by atomic mass is 16.5. The molecular formula is C23H29N3O4. The largest absolute Gasteiger partial charge is 0.497 e. The standard InChI is InChI=1S/C23H29N3O4/c1-28-12-11-24-20(27)18-14-3-4-15(13-14)19(18)21-25-22(26-30-21)23(9-10-23)16-5-7-17(29-2)8-6-16/h5-8,14-15,18-19H,3-4,9-13H2,1-2H3,(H,24,27)/t14-,15+,18-,19-/m0/s1. The van der Waals surface area contributed by atoms with Gasteiger partial charge in [-0.15, -0.1) is 0 Å². The van der Waals surface area contributed by atoms with Crippen LogP contribution in [0.5, 0.6) is 5.75 Å². The summed E-state index contributed by atoms with van der Waals surface area (Å²) in [7, 11) is 3.31. The van der Waals surface area contributed by atoms with E-state index < -0.39 is 0 Å². The van der Waals surface area contributed by atoms with Crippen LogP contribution in [0.1, 0.15) is 55.3 Å². The van der Waals surface area contributed by atoms with Crippen LogP contribution in [0.25, 0.3) is 0 Å². The van der Waals surface area contributed by atoms with Gasteiger partial charge in [0.05, 0.1) is 31.0 Å². The van der Waals surface area contributed by atoms with Crippen molar-refractivity contribution >= 4 is 5.91 Å². The zero-order valence-corrected chi connectivity index (χ0v) is 17.6. The van der Waals surface area contributed by atoms with Crippen molar-refractivity contribution in [3.63, 3.8) is 0 Å². The molecule has 3 aliphatic rings. The summed E-state index contributed by atoms with van der Waals surface area (Å²) in [6, 6.07) is 8.14. The number of carbonyl (C=O) groups is 1. The summed E-state index contributed by atoms with van der Waals surface area (Å²) in [4.78, 5) is 17.8. The van der Waals surface area contributed by atoms with E-state index in [0.29, 0.717) is 30.9 Å². The molecule has 1 N–H and O–H groups in total. The van der Waals surface area contributed by atoms with E-state index in [0.717, 1.165) is 43.7 Å². The Kier molecular flexibility index (Phi) is 5.01. The van der Waals surface area contributed by atoms with E-state index in [9.17, 15) is 4.79 Å². The quantitative estimate of drug-likeness (QED) is 0.672. The van der Waals surface area contributed by atoms with Gasteiger partial charge >= 0.3 is 0 Å². The molecule has 2 aromatic rings. The second-order valence-corrected chi connectivity index (χ2v) is 8.94. The summed E-state index contributed by atoms with van der Waals surface area (Å²) in [5, 5.41) is 7.43. The highest BCUT2D eigenvalue weighted by Crippen LogP contribution is 2.57. The Morgan fingerprint density at radius 1 is 1.20 bits per heavy atom. The van der Waals surface area contributed by atoms with Gasteiger partial charge in [0.1, 0.15) is 5.75 Å². The van der Waals surface area contributed by atoms with Crippen molar-refractivity contribution in [3.05, 3.63) is 41.5 Å². The highest BCUT2D eigenvalue weighted by Gasteiger charge is 2.55. The molecule has 0 unspecified atom stereocenters. The number of nitrogens with one attached hydrogen (secondary N) is 1. The summed E-state index contributed by atoms with van der Waals surface area (Å²) in [6.45, 7) is 1.05. The Hall–Kier alpha value is -2.41. The first-order valence-corrected chi connectivity index (χ1v) is 10.9. The number of hydrogen-bond donors (Lipinski definition) is 1. The maximum absolute atomic E-state index is 12.9. The Morgan fingerprint density at radius 3 is 2.67 bits per heavy atom. The van der Waals surface area contributed by atoms with Crippen LogP contribution in [0.4, 0.5) is 0 Å². The SMILES string of the molecule is COCCNC(=O)[C@H]1[C@H]2CC[C@H](C2)[C@@H]1c1nc(C2(c3ccc(OC)cc3)CC2)no1. The Bertz CT molecular complexity index is 905. The average Bonchev–Trinajstić information content (AvgIpc) is 3.11. The van der Waals surface area contributed by atoms with E-state index in [1.165, 1.54) is 5.56 Å². The van der Waals surface area contributed by atoms with Crippen LogP contribution in [0, 0.1) is 17.8 Å². The molecule has 1 heterocycles. The van der Waals surface area contributed by atoms with Crippen LogP contribution in [0.15, 0.2) is 28.8 Å². The summed E-state index contributed by atoms with van der Waals surface area (Å²) >= 11 is 0. The first kappa shape index (κ1) is 19.5. The smallest absolute Gasteiger partial charge is 0.230 e. The van der Waals surface area contributed by atoms with Crippen LogP contribution in [-0.2, 0) is 14.9 Å². The molecule has 4 atom stereocenters. The number of benzene rings is 1. The van der Waals surface area contributed by atoms with Gasteiger partial charge in [-0.25, -0.2) is 0 Å². The fourth-order valence-electron chi connectivity index (χ4n) is 5.66. The zero-order chi connectivity index (χ0) is 20.7. The molecule has 0 radical (unpaired) electrons. The van der Waals surface area contributed by atoms with Gasteiger partial charge in [0.2, 0.25) is 11.8 Å². The van der Waals surface area contributed by atoms with Crippen molar-refractivity contribution in [2.45, 2.75) is 43.4 Å². The number of nitrogens with zero attached hydrogens (tertiary/aromatic N) is 2. The molecule has 30 heavy (non-hydrogen) atoms. The average molecular weight is 412 g/mol. The van der Waals surface area contributed by atoms with Gasteiger partial charge in [-0.05, 0) is 61.6 Å². The van der Waals surface area contributed by atoms with Gasteiger partial charge in [0.25, 0.3) is 0 Å². The molecule has 160 valence electrons.